The van der Waals surface area contributed by atoms with Gasteiger partial charge in [-0.2, -0.15) is 4.98 Å². The summed E-state index contributed by atoms with van der Waals surface area (Å²) in [4.78, 5) is 38.4. The summed E-state index contributed by atoms with van der Waals surface area (Å²) in [5.74, 6) is 0.485. The van der Waals surface area contributed by atoms with Gasteiger partial charge in [-0.05, 0) is 25.0 Å². The molecule has 9 heteroatoms. The molecule has 0 spiro atoms. The molecular weight excluding hydrogens is 348 g/mol. The first-order chi connectivity index (χ1) is 13.0. The zero-order valence-corrected chi connectivity index (χ0v) is 15.3. The zero-order valence-electron chi connectivity index (χ0n) is 15.3. The predicted octanol–water partition coefficient (Wildman–Crippen LogP) is 1.12. The van der Waals surface area contributed by atoms with E-state index < -0.39 is 5.78 Å². The van der Waals surface area contributed by atoms with Gasteiger partial charge in [0.2, 0.25) is 17.6 Å². The van der Waals surface area contributed by atoms with Gasteiger partial charge in [-0.15, -0.1) is 0 Å². The van der Waals surface area contributed by atoms with E-state index in [2.05, 4.69) is 20.3 Å². The molecular formula is C18H22N6O3. The Labute approximate surface area is 157 Å². The van der Waals surface area contributed by atoms with E-state index in [-0.39, 0.29) is 29.0 Å². The summed E-state index contributed by atoms with van der Waals surface area (Å²) in [7, 11) is 1.47. The first kappa shape index (κ1) is 18.6. The largest absolute Gasteiger partial charge is 0.494 e. The maximum absolute atomic E-state index is 12.7. The van der Waals surface area contributed by atoms with Crippen LogP contribution in [0.1, 0.15) is 35.8 Å². The first-order valence-corrected chi connectivity index (χ1v) is 8.68. The van der Waals surface area contributed by atoms with Crippen molar-refractivity contribution in [3.8, 4) is 5.75 Å². The van der Waals surface area contributed by atoms with E-state index in [0.717, 1.165) is 12.8 Å². The number of amides is 1. The van der Waals surface area contributed by atoms with E-state index in [0.29, 0.717) is 24.8 Å². The van der Waals surface area contributed by atoms with Gasteiger partial charge >= 0.3 is 0 Å². The number of aromatic nitrogens is 3. The highest BCUT2D eigenvalue weighted by Gasteiger charge is 2.23. The van der Waals surface area contributed by atoms with Crippen LogP contribution in [0.3, 0.4) is 0 Å². The monoisotopic (exact) mass is 370 g/mol. The van der Waals surface area contributed by atoms with Crippen LogP contribution in [0, 0.1) is 0 Å². The Hall–Kier alpha value is -3.23. The van der Waals surface area contributed by atoms with Crippen molar-refractivity contribution in [2.24, 2.45) is 0 Å². The van der Waals surface area contributed by atoms with Gasteiger partial charge in [0, 0.05) is 38.4 Å². The number of ketones is 1. The quantitative estimate of drug-likeness (QED) is 0.751. The summed E-state index contributed by atoms with van der Waals surface area (Å²) in [6.07, 6.45) is 4.51. The fourth-order valence-electron chi connectivity index (χ4n) is 3.01. The van der Waals surface area contributed by atoms with Gasteiger partial charge in [0.15, 0.2) is 5.69 Å². The molecule has 2 aromatic heterocycles. The number of carbonyl (C=O) groups is 2. The number of nitrogen functional groups attached to an aromatic ring is 1. The van der Waals surface area contributed by atoms with Crippen molar-refractivity contribution in [1.82, 2.24) is 19.9 Å². The lowest BCUT2D eigenvalue weighted by molar-refractivity contribution is -0.129. The average molecular weight is 370 g/mol. The number of nitrogens with zero attached hydrogens (tertiary/aromatic N) is 4. The highest BCUT2D eigenvalue weighted by atomic mass is 16.5. The summed E-state index contributed by atoms with van der Waals surface area (Å²) in [5, 5.41) is 3.22. The van der Waals surface area contributed by atoms with Gasteiger partial charge in [0.25, 0.3) is 0 Å². The fraction of sp³-hybridized carbons (Fsp3) is 0.389. The highest BCUT2D eigenvalue weighted by Crippen LogP contribution is 2.22. The van der Waals surface area contributed by atoms with Crippen LogP contribution < -0.4 is 15.8 Å². The zero-order chi connectivity index (χ0) is 19.4. The number of nitrogens with one attached hydrogen (secondary N) is 1. The minimum Gasteiger partial charge on any atom is -0.494 e. The van der Waals surface area contributed by atoms with Crippen LogP contribution >= 0.6 is 0 Å². The van der Waals surface area contributed by atoms with Crippen LogP contribution in [0.15, 0.2) is 24.5 Å². The van der Waals surface area contributed by atoms with E-state index in [1.165, 1.54) is 19.5 Å². The number of methoxy groups -OCH3 is 1. The lowest BCUT2D eigenvalue weighted by Crippen LogP contribution is -2.41. The number of hydrogen-bond donors (Lipinski definition) is 2. The molecule has 0 bridgehead atoms. The standard InChI is InChI=1S/C18H22N6O3/c1-11(25)24-8-5-12(6-9-24)22-18-21-10-13(17(19)23-18)16(26)15-14(27-2)4-3-7-20-15/h3-4,7,10,12H,5-6,8-9H2,1-2H3,(H3,19,21,22,23). The van der Waals surface area contributed by atoms with Gasteiger partial charge in [0.1, 0.15) is 11.6 Å². The molecule has 1 aliphatic rings. The smallest absolute Gasteiger partial charge is 0.224 e. The Kier molecular flexibility index (Phi) is 5.49. The van der Waals surface area contributed by atoms with Gasteiger partial charge in [-0.25, -0.2) is 9.97 Å². The Balaban J connectivity index is 1.71. The molecule has 1 saturated heterocycles. The molecule has 9 nitrogen and oxygen atoms in total. The third-order valence-electron chi connectivity index (χ3n) is 4.54. The van der Waals surface area contributed by atoms with Crippen molar-refractivity contribution in [3.05, 3.63) is 35.8 Å². The molecule has 0 unspecified atom stereocenters. The third-order valence-corrected chi connectivity index (χ3v) is 4.54. The van der Waals surface area contributed by atoms with Crippen molar-refractivity contribution in [1.29, 1.82) is 0 Å². The second-order valence-electron chi connectivity index (χ2n) is 6.30. The minimum atomic E-state index is -0.397. The van der Waals surface area contributed by atoms with Crippen LogP contribution in [-0.4, -0.2) is 57.8 Å². The summed E-state index contributed by atoms with van der Waals surface area (Å²) in [5.41, 5.74) is 6.31. The van der Waals surface area contributed by atoms with Crippen molar-refractivity contribution in [2.75, 3.05) is 31.2 Å². The van der Waals surface area contributed by atoms with Crippen molar-refractivity contribution in [2.45, 2.75) is 25.8 Å². The molecule has 0 aliphatic carbocycles. The number of hydrogen-bond acceptors (Lipinski definition) is 8. The Morgan fingerprint density at radius 2 is 2.04 bits per heavy atom. The maximum atomic E-state index is 12.7. The van der Waals surface area contributed by atoms with Crippen LogP contribution in [-0.2, 0) is 4.79 Å². The molecule has 3 rings (SSSR count). The number of piperidine rings is 1. The van der Waals surface area contributed by atoms with Crippen LogP contribution in [0.4, 0.5) is 11.8 Å². The molecule has 27 heavy (non-hydrogen) atoms. The van der Waals surface area contributed by atoms with E-state index in [1.54, 1.807) is 19.1 Å². The summed E-state index contributed by atoms with van der Waals surface area (Å²) in [6.45, 7) is 2.96. The van der Waals surface area contributed by atoms with Gasteiger partial charge < -0.3 is 20.7 Å². The number of anilines is 2. The average Bonchev–Trinajstić information content (AvgIpc) is 2.68. The second kappa shape index (κ2) is 7.98. The SMILES string of the molecule is COc1cccnc1C(=O)c1cnc(NC2CCN(C(C)=O)CC2)nc1N. The van der Waals surface area contributed by atoms with E-state index in [9.17, 15) is 9.59 Å². The molecule has 0 atom stereocenters. The highest BCUT2D eigenvalue weighted by molar-refractivity contribution is 6.11. The van der Waals surface area contributed by atoms with Crippen molar-refractivity contribution < 1.29 is 14.3 Å². The molecule has 1 amide bonds. The second-order valence-corrected chi connectivity index (χ2v) is 6.30. The number of ether oxygens (including phenoxy) is 1. The van der Waals surface area contributed by atoms with Crippen LogP contribution in [0.5, 0.6) is 5.75 Å². The number of likely N-dealkylation sites (tertiary alicyclic amines) is 1. The summed E-state index contributed by atoms with van der Waals surface area (Å²) in [6, 6.07) is 3.48. The first-order valence-electron chi connectivity index (χ1n) is 8.68. The van der Waals surface area contributed by atoms with Crippen molar-refractivity contribution in [3.63, 3.8) is 0 Å². The minimum absolute atomic E-state index is 0.0754. The molecule has 0 saturated carbocycles. The van der Waals surface area contributed by atoms with E-state index in [1.807, 2.05) is 4.90 Å². The lowest BCUT2D eigenvalue weighted by Gasteiger charge is -2.31. The molecule has 1 fully saturated rings. The number of rotatable bonds is 5. The molecule has 0 radical (unpaired) electrons. The molecule has 3 N–H and O–H groups in total. The Morgan fingerprint density at radius 3 is 2.67 bits per heavy atom. The van der Waals surface area contributed by atoms with E-state index in [4.69, 9.17) is 10.5 Å². The third kappa shape index (κ3) is 4.13. The van der Waals surface area contributed by atoms with E-state index >= 15 is 0 Å². The fourth-order valence-corrected chi connectivity index (χ4v) is 3.01. The number of pyridine rings is 1. The normalized spacial score (nSPS) is 14.7. The lowest BCUT2D eigenvalue weighted by atomic mass is 10.1. The Bertz CT molecular complexity index is 849. The maximum Gasteiger partial charge on any atom is 0.224 e. The number of carbonyl (C=O) groups excluding carboxylic acids is 2. The Morgan fingerprint density at radius 1 is 1.30 bits per heavy atom. The molecule has 2 aromatic rings. The predicted molar refractivity (Wildman–Crippen MR) is 99.6 cm³/mol. The van der Waals surface area contributed by atoms with Gasteiger partial charge in [-0.3, -0.25) is 9.59 Å². The molecule has 3 heterocycles. The topological polar surface area (TPSA) is 123 Å². The number of nitrogens with two attached hydrogens (primary N) is 1. The summed E-state index contributed by atoms with van der Waals surface area (Å²) < 4.78 is 5.17. The molecule has 0 aromatic carbocycles. The van der Waals surface area contributed by atoms with Gasteiger partial charge in [0.05, 0.1) is 12.7 Å². The van der Waals surface area contributed by atoms with Crippen LogP contribution in [0.2, 0.25) is 0 Å². The van der Waals surface area contributed by atoms with Crippen molar-refractivity contribution >= 4 is 23.5 Å². The molecule has 1 aliphatic heterocycles. The molecule has 142 valence electrons. The van der Waals surface area contributed by atoms with Gasteiger partial charge in [-0.1, -0.05) is 0 Å². The van der Waals surface area contributed by atoms with Crippen LogP contribution in [0.25, 0.3) is 0 Å². The summed E-state index contributed by atoms with van der Waals surface area (Å²) >= 11 is 0.